The van der Waals surface area contributed by atoms with E-state index in [-0.39, 0.29) is 18.8 Å². The lowest BCUT2D eigenvalue weighted by Gasteiger charge is -2.33. The molecule has 0 bridgehead atoms. The first-order chi connectivity index (χ1) is 8.13. The Labute approximate surface area is 103 Å². The standard InChI is InChI=1S/C12H19O4P/c1-4-7-11-10-12(8-5-2)16-17(13,15-11)14-9-6-3/h4-6,11-12H,1-3,7-10H2. The minimum absolute atomic E-state index is 0.138. The average Bonchev–Trinajstić information content (AvgIpc) is 2.27. The zero-order chi connectivity index (χ0) is 12.7. The quantitative estimate of drug-likeness (QED) is 0.516. The molecule has 17 heavy (non-hydrogen) atoms. The fourth-order valence-electron chi connectivity index (χ4n) is 1.62. The molecule has 1 rings (SSSR count). The van der Waals surface area contributed by atoms with Crippen molar-refractivity contribution in [1.29, 1.82) is 0 Å². The van der Waals surface area contributed by atoms with Crippen molar-refractivity contribution < 1.29 is 18.1 Å². The zero-order valence-corrected chi connectivity index (χ0v) is 10.8. The normalized spacial score (nSPS) is 32.9. The summed E-state index contributed by atoms with van der Waals surface area (Å²) in [4.78, 5) is 0. The van der Waals surface area contributed by atoms with Gasteiger partial charge in [0.2, 0.25) is 0 Å². The van der Waals surface area contributed by atoms with Crippen LogP contribution in [0, 0.1) is 0 Å². The van der Waals surface area contributed by atoms with E-state index in [1.807, 2.05) is 0 Å². The Morgan fingerprint density at radius 2 is 1.65 bits per heavy atom. The first-order valence-electron chi connectivity index (χ1n) is 5.57. The van der Waals surface area contributed by atoms with E-state index in [0.29, 0.717) is 19.3 Å². The van der Waals surface area contributed by atoms with Gasteiger partial charge in [0.05, 0.1) is 18.8 Å². The first kappa shape index (κ1) is 14.4. The zero-order valence-electron chi connectivity index (χ0n) is 9.92. The van der Waals surface area contributed by atoms with Gasteiger partial charge in [-0.1, -0.05) is 18.2 Å². The van der Waals surface area contributed by atoms with Crippen LogP contribution in [-0.2, 0) is 18.1 Å². The van der Waals surface area contributed by atoms with Gasteiger partial charge in [-0.15, -0.1) is 19.7 Å². The van der Waals surface area contributed by atoms with Crippen LogP contribution in [0.25, 0.3) is 0 Å². The van der Waals surface area contributed by atoms with Crippen molar-refractivity contribution in [3.05, 3.63) is 38.0 Å². The molecule has 0 saturated carbocycles. The van der Waals surface area contributed by atoms with Crippen LogP contribution in [0.4, 0.5) is 0 Å². The summed E-state index contributed by atoms with van der Waals surface area (Å²) < 4.78 is 28.0. The maximum Gasteiger partial charge on any atom is 0.475 e. The Kier molecular flexibility index (Phi) is 5.86. The third-order valence-corrected chi connectivity index (χ3v) is 3.87. The highest BCUT2D eigenvalue weighted by Crippen LogP contribution is 2.56. The van der Waals surface area contributed by atoms with Gasteiger partial charge < -0.3 is 0 Å². The summed E-state index contributed by atoms with van der Waals surface area (Å²) >= 11 is 0. The molecule has 0 spiro atoms. The summed E-state index contributed by atoms with van der Waals surface area (Å²) in [5, 5.41) is 0. The van der Waals surface area contributed by atoms with E-state index in [1.54, 1.807) is 12.2 Å². The topological polar surface area (TPSA) is 44.8 Å². The summed E-state index contributed by atoms with van der Waals surface area (Å²) in [6.45, 7) is 10.9. The van der Waals surface area contributed by atoms with E-state index in [9.17, 15) is 4.57 Å². The van der Waals surface area contributed by atoms with E-state index in [2.05, 4.69) is 19.7 Å². The third kappa shape index (κ3) is 4.60. The van der Waals surface area contributed by atoms with E-state index in [1.165, 1.54) is 6.08 Å². The Morgan fingerprint density at radius 3 is 2.06 bits per heavy atom. The fraction of sp³-hybridized carbons (Fsp3) is 0.500. The van der Waals surface area contributed by atoms with Crippen LogP contribution in [0.5, 0.6) is 0 Å². The smallest absolute Gasteiger partial charge is 0.283 e. The summed E-state index contributed by atoms with van der Waals surface area (Å²) in [6, 6.07) is 0. The van der Waals surface area contributed by atoms with Crippen LogP contribution in [0.15, 0.2) is 38.0 Å². The number of phosphoric ester groups is 1. The van der Waals surface area contributed by atoms with E-state index < -0.39 is 7.82 Å². The second-order valence-corrected chi connectivity index (χ2v) is 5.35. The van der Waals surface area contributed by atoms with Crippen LogP contribution in [0.2, 0.25) is 0 Å². The van der Waals surface area contributed by atoms with E-state index in [0.717, 1.165) is 0 Å². The van der Waals surface area contributed by atoms with Gasteiger partial charge in [-0.25, -0.2) is 4.57 Å². The van der Waals surface area contributed by atoms with Gasteiger partial charge in [-0.05, 0) is 12.8 Å². The fourth-order valence-corrected chi connectivity index (χ4v) is 3.16. The minimum Gasteiger partial charge on any atom is -0.283 e. The molecule has 1 aliphatic rings. The van der Waals surface area contributed by atoms with Crippen LogP contribution in [0.3, 0.4) is 0 Å². The molecule has 1 aliphatic heterocycles. The molecule has 1 fully saturated rings. The number of hydrogen-bond donors (Lipinski definition) is 0. The Bertz CT molecular complexity index is 304. The lowest BCUT2D eigenvalue weighted by atomic mass is 10.1. The molecule has 0 aromatic rings. The van der Waals surface area contributed by atoms with Crippen molar-refractivity contribution in [3.63, 3.8) is 0 Å². The summed E-state index contributed by atoms with van der Waals surface area (Å²) in [5.74, 6) is 0. The summed E-state index contributed by atoms with van der Waals surface area (Å²) in [7, 11) is -3.47. The predicted molar refractivity (Wildman–Crippen MR) is 67.7 cm³/mol. The molecule has 0 N–H and O–H groups in total. The van der Waals surface area contributed by atoms with Gasteiger partial charge in [0, 0.05) is 6.42 Å². The molecule has 2 atom stereocenters. The molecule has 0 amide bonds. The highest BCUT2D eigenvalue weighted by molar-refractivity contribution is 7.48. The average molecular weight is 258 g/mol. The second-order valence-electron chi connectivity index (χ2n) is 3.77. The maximum absolute atomic E-state index is 12.2. The summed E-state index contributed by atoms with van der Waals surface area (Å²) in [6.07, 6.45) is 6.53. The molecular formula is C12H19O4P. The largest absolute Gasteiger partial charge is 0.475 e. The molecule has 0 radical (unpaired) electrons. The van der Waals surface area contributed by atoms with Gasteiger partial charge in [0.25, 0.3) is 0 Å². The monoisotopic (exact) mass is 258 g/mol. The summed E-state index contributed by atoms with van der Waals surface area (Å²) in [5.41, 5.74) is 0. The van der Waals surface area contributed by atoms with Crippen LogP contribution in [0.1, 0.15) is 19.3 Å². The van der Waals surface area contributed by atoms with Gasteiger partial charge >= 0.3 is 7.82 Å². The third-order valence-electron chi connectivity index (χ3n) is 2.29. The molecule has 0 aromatic heterocycles. The molecule has 5 heteroatoms. The SMILES string of the molecule is C=CCOP1(=O)OC(CC=C)CC(CC=C)O1. The van der Waals surface area contributed by atoms with Crippen molar-refractivity contribution in [3.8, 4) is 0 Å². The minimum atomic E-state index is -3.47. The van der Waals surface area contributed by atoms with Gasteiger partial charge in [-0.2, -0.15) is 0 Å². The van der Waals surface area contributed by atoms with E-state index >= 15 is 0 Å². The molecule has 0 aliphatic carbocycles. The molecule has 96 valence electrons. The Morgan fingerprint density at radius 1 is 1.12 bits per heavy atom. The lowest BCUT2D eigenvalue weighted by Crippen LogP contribution is -2.28. The molecule has 2 unspecified atom stereocenters. The van der Waals surface area contributed by atoms with Gasteiger partial charge in [-0.3, -0.25) is 13.6 Å². The highest BCUT2D eigenvalue weighted by atomic mass is 31.2. The van der Waals surface area contributed by atoms with Gasteiger partial charge in [0.1, 0.15) is 0 Å². The maximum atomic E-state index is 12.2. The van der Waals surface area contributed by atoms with Crippen LogP contribution >= 0.6 is 7.82 Å². The molecule has 1 saturated heterocycles. The molecular weight excluding hydrogens is 239 g/mol. The van der Waals surface area contributed by atoms with Crippen molar-refractivity contribution in [1.82, 2.24) is 0 Å². The lowest BCUT2D eigenvalue weighted by molar-refractivity contribution is -0.00532. The highest BCUT2D eigenvalue weighted by Gasteiger charge is 2.39. The Hall–Kier alpha value is -0.670. The Balaban J connectivity index is 2.69. The van der Waals surface area contributed by atoms with Crippen molar-refractivity contribution >= 4 is 7.82 Å². The number of rotatable bonds is 7. The number of phosphoric acid groups is 1. The van der Waals surface area contributed by atoms with Crippen molar-refractivity contribution in [2.45, 2.75) is 31.5 Å². The number of hydrogen-bond acceptors (Lipinski definition) is 4. The second kappa shape index (κ2) is 6.92. The van der Waals surface area contributed by atoms with Crippen LogP contribution < -0.4 is 0 Å². The van der Waals surface area contributed by atoms with Crippen molar-refractivity contribution in [2.75, 3.05) is 6.61 Å². The molecule has 0 aromatic carbocycles. The first-order valence-corrected chi connectivity index (χ1v) is 7.03. The van der Waals surface area contributed by atoms with Gasteiger partial charge in [0.15, 0.2) is 0 Å². The van der Waals surface area contributed by atoms with Crippen molar-refractivity contribution in [2.24, 2.45) is 0 Å². The molecule has 1 heterocycles. The van der Waals surface area contributed by atoms with Crippen LogP contribution in [-0.4, -0.2) is 18.8 Å². The van der Waals surface area contributed by atoms with E-state index in [4.69, 9.17) is 13.6 Å². The predicted octanol–water partition coefficient (Wildman–Crippen LogP) is 3.62. The molecule has 4 nitrogen and oxygen atoms in total.